The number of carbonyl (C=O) groups is 2. The van der Waals surface area contributed by atoms with Gasteiger partial charge in [0, 0.05) is 6.42 Å². The van der Waals surface area contributed by atoms with Crippen molar-refractivity contribution in [1.29, 1.82) is 0 Å². The van der Waals surface area contributed by atoms with Crippen LogP contribution in [0.5, 0.6) is 0 Å². The second kappa shape index (κ2) is 4.14. The fourth-order valence-corrected chi connectivity index (χ4v) is 0.533. The lowest BCUT2D eigenvalue weighted by Gasteiger charge is -1.99. The van der Waals surface area contributed by atoms with Crippen molar-refractivity contribution in [2.24, 2.45) is 0 Å². The van der Waals surface area contributed by atoms with E-state index in [2.05, 4.69) is 0 Å². The molecule has 0 amide bonds. The van der Waals surface area contributed by atoms with Crippen molar-refractivity contribution >= 4 is 11.6 Å². The second-order valence-corrected chi connectivity index (χ2v) is 2.32. The molecule has 0 radical (unpaired) electrons. The maximum Gasteiger partial charge on any atom is 0.163 e. The first-order chi connectivity index (χ1) is 4.54. The van der Waals surface area contributed by atoms with Crippen LogP contribution in [0.4, 0.5) is 4.39 Å². The van der Waals surface area contributed by atoms with Crippen molar-refractivity contribution < 1.29 is 14.0 Å². The predicted octanol–water partition coefficient (Wildman–Crippen LogP) is 1.28. The molecule has 0 aromatic heterocycles. The molecule has 0 N–H and O–H groups in total. The van der Waals surface area contributed by atoms with Gasteiger partial charge in [-0.1, -0.05) is 0 Å². The van der Waals surface area contributed by atoms with Gasteiger partial charge in [-0.25, -0.2) is 4.39 Å². The van der Waals surface area contributed by atoms with Crippen molar-refractivity contribution in [3.05, 3.63) is 0 Å². The molecule has 1 unspecified atom stereocenters. The van der Waals surface area contributed by atoms with Crippen LogP contribution in [0.15, 0.2) is 0 Å². The molecule has 0 spiro atoms. The number of alkyl halides is 1. The smallest absolute Gasteiger partial charge is 0.163 e. The Morgan fingerprint density at radius 2 is 1.90 bits per heavy atom. The minimum atomic E-state index is -1.45. The van der Waals surface area contributed by atoms with E-state index in [0.29, 0.717) is 0 Å². The molecule has 0 fully saturated rings. The first-order valence-corrected chi connectivity index (χ1v) is 3.18. The maximum atomic E-state index is 12.4. The molecular formula is C7H11FO2. The molecule has 0 saturated carbocycles. The van der Waals surface area contributed by atoms with Crippen molar-refractivity contribution in [3.63, 3.8) is 0 Å². The number of ketones is 2. The van der Waals surface area contributed by atoms with Gasteiger partial charge in [-0.05, 0) is 20.3 Å². The van der Waals surface area contributed by atoms with Crippen LogP contribution < -0.4 is 0 Å². The fourth-order valence-electron chi connectivity index (χ4n) is 0.533. The summed E-state index contributed by atoms with van der Waals surface area (Å²) in [7, 11) is 0. The second-order valence-electron chi connectivity index (χ2n) is 2.32. The van der Waals surface area contributed by atoms with Crippen LogP contribution in [0.25, 0.3) is 0 Å². The first-order valence-electron chi connectivity index (χ1n) is 3.18. The quantitative estimate of drug-likeness (QED) is 0.598. The van der Waals surface area contributed by atoms with E-state index in [1.807, 2.05) is 0 Å². The van der Waals surface area contributed by atoms with E-state index in [9.17, 15) is 14.0 Å². The number of hydrogen-bond donors (Lipinski definition) is 0. The number of halogens is 1. The average molecular weight is 146 g/mol. The van der Waals surface area contributed by atoms with E-state index < -0.39 is 12.0 Å². The monoisotopic (exact) mass is 146 g/mol. The molecule has 0 aromatic carbocycles. The molecule has 1 atom stereocenters. The third-order valence-electron chi connectivity index (χ3n) is 1.19. The molecule has 0 heterocycles. The average Bonchev–Trinajstić information content (AvgIpc) is 1.82. The van der Waals surface area contributed by atoms with E-state index in [1.165, 1.54) is 13.8 Å². The summed E-state index contributed by atoms with van der Waals surface area (Å²) in [5, 5.41) is 0. The SMILES string of the molecule is CC(=O)CCC(F)C(C)=O. The molecule has 0 rings (SSSR count). The summed E-state index contributed by atoms with van der Waals surface area (Å²) in [6.07, 6.45) is -1.27. The fraction of sp³-hybridized carbons (Fsp3) is 0.714. The zero-order valence-corrected chi connectivity index (χ0v) is 6.19. The number of carbonyl (C=O) groups excluding carboxylic acids is 2. The largest absolute Gasteiger partial charge is 0.300 e. The van der Waals surface area contributed by atoms with Gasteiger partial charge < -0.3 is 4.79 Å². The van der Waals surface area contributed by atoms with Crippen LogP contribution in [0.3, 0.4) is 0 Å². The summed E-state index contributed by atoms with van der Waals surface area (Å²) in [5.74, 6) is -0.579. The summed E-state index contributed by atoms with van der Waals surface area (Å²) in [6, 6.07) is 0. The third-order valence-corrected chi connectivity index (χ3v) is 1.19. The standard InChI is InChI=1S/C7H11FO2/c1-5(9)3-4-7(8)6(2)10/h7H,3-4H2,1-2H3. The van der Waals surface area contributed by atoms with E-state index in [1.54, 1.807) is 0 Å². The van der Waals surface area contributed by atoms with Crippen LogP contribution in [0.1, 0.15) is 26.7 Å². The van der Waals surface area contributed by atoms with Crippen molar-refractivity contribution in [1.82, 2.24) is 0 Å². The molecule has 0 aliphatic rings. The summed E-state index contributed by atoms with van der Waals surface area (Å²) >= 11 is 0. The van der Waals surface area contributed by atoms with Crippen molar-refractivity contribution in [2.75, 3.05) is 0 Å². The molecule has 2 nitrogen and oxygen atoms in total. The Morgan fingerprint density at radius 1 is 1.40 bits per heavy atom. The zero-order valence-electron chi connectivity index (χ0n) is 6.19. The van der Waals surface area contributed by atoms with Crippen LogP contribution in [-0.4, -0.2) is 17.7 Å². The highest BCUT2D eigenvalue weighted by atomic mass is 19.1. The molecule has 0 aliphatic carbocycles. The highest BCUT2D eigenvalue weighted by Gasteiger charge is 2.11. The maximum absolute atomic E-state index is 12.4. The van der Waals surface area contributed by atoms with Gasteiger partial charge in [0.25, 0.3) is 0 Å². The lowest BCUT2D eigenvalue weighted by Crippen LogP contribution is -2.12. The summed E-state index contributed by atoms with van der Waals surface area (Å²) < 4.78 is 12.4. The highest BCUT2D eigenvalue weighted by Crippen LogP contribution is 2.02. The van der Waals surface area contributed by atoms with Crippen LogP contribution in [0, 0.1) is 0 Å². The van der Waals surface area contributed by atoms with Gasteiger partial charge in [-0.2, -0.15) is 0 Å². The molecule has 0 saturated heterocycles. The van der Waals surface area contributed by atoms with E-state index in [-0.39, 0.29) is 18.6 Å². The Hall–Kier alpha value is -0.730. The van der Waals surface area contributed by atoms with Gasteiger partial charge >= 0.3 is 0 Å². The van der Waals surface area contributed by atoms with Crippen molar-refractivity contribution in [2.45, 2.75) is 32.9 Å². The van der Waals surface area contributed by atoms with Crippen LogP contribution in [-0.2, 0) is 9.59 Å². The molecule has 58 valence electrons. The van der Waals surface area contributed by atoms with Gasteiger partial charge in [-0.3, -0.25) is 4.79 Å². The minimum absolute atomic E-state index is 0.0324. The molecule has 10 heavy (non-hydrogen) atoms. The Kier molecular flexibility index (Phi) is 3.84. The Morgan fingerprint density at radius 3 is 2.20 bits per heavy atom. The lowest BCUT2D eigenvalue weighted by molar-refractivity contribution is -0.122. The molecule has 0 bridgehead atoms. The summed E-state index contributed by atoms with van der Waals surface area (Å²) in [4.78, 5) is 20.6. The van der Waals surface area contributed by atoms with Gasteiger partial charge in [0.15, 0.2) is 12.0 Å². The normalized spacial score (nSPS) is 12.7. The van der Waals surface area contributed by atoms with Gasteiger partial charge in [0.2, 0.25) is 0 Å². The number of rotatable bonds is 4. The third kappa shape index (κ3) is 4.18. The van der Waals surface area contributed by atoms with Gasteiger partial charge in [0.05, 0.1) is 0 Å². The molecular weight excluding hydrogens is 135 g/mol. The summed E-state index contributed by atoms with van der Waals surface area (Å²) in [6.45, 7) is 2.57. The van der Waals surface area contributed by atoms with E-state index in [4.69, 9.17) is 0 Å². The van der Waals surface area contributed by atoms with Gasteiger partial charge in [0.1, 0.15) is 5.78 Å². The van der Waals surface area contributed by atoms with E-state index >= 15 is 0 Å². The number of Topliss-reactive ketones (excluding diaryl/α,β-unsaturated/α-hetero) is 2. The Balaban J connectivity index is 3.49. The van der Waals surface area contributed by atoms with Crippen LogP contribution >= 0.6 is 0 Å². The topological polar surface area (TPSA) is 34.1 Å². The predicted molar refractivity (Wildman–Crippen MR) is 35.5 cm³/mol. The zero-order chi connectivity index (χ0) is 8.15. The van der Waals surface area contributed by atoms with Crippen molar-refractivity contribution in [3.8, 4) is 0 Å². The highest BCUT2D eigenvalue weighted by molar-refractivity contribution is 5.81. The molecule has 0 aromatic rings. The molecule has 0 aliphatic heterocycles. The lowest BCUT2D eigenvalue weighted by atomic mass is 10.1. The first kappa shape index (κ1) is 9.27. The molecule has 3 heteroatoms. The number of hydrogen-bond acceptors (Lipinski definition) is 2. The summed E-state index contributed by atoms with van der Waals surface area (Å²) in [5.41, 5.74) is 0. The minimum Gasteiger partial charge on any atom is -0.300 e. The van der Waals surface area contributed by atoms with Gasteiger partial charge in [-0.15, -0.1) is 0 Å². The Labute approximate surface area is 59.4 Å². The Bertz CT molecular complexity index is 143. The van der Waals surface area contributed by atoms with Crippen LogP contribution in [0.2, 0.25) is 0 Å². The van der Waals surface area contributed by atoms with E-state index in [0.717, 1.165) is 0 Å².